The van der Waals surface area contributed by atoms with Crippen LogP contribution in [0, 0.1) is 5.92 Å². The highest BCUT2D eigenvalue weighted by atomic mass is 16.5. The lowest BCUT2D eigenvalue weighted by Gasteiger charge is -2.25. The van der Waals surface area contributed by atoms with E-state index in [1.807, 2.05) is 37.3 Å². The summed E-state index contributed by atoms with van der Waals surface area (Å²) in [5.74, 6) is -1.98. The number of ether oxygens (including phenoxy) is 1. The summed E-state index contributed by atoms with van der Waals surface area (Å²) in [5, 5.41) is 24.0. The molecule has 8 nitrogen and oxygen atoms in total. The molecule has 2 amide bonds. The average Bonchev–Trinajstić information content (AvgIpc) is 2.77. The van der Waals surface area contributed by atoms with Crippen LogP contribution in [0.3, 0.4) is 0 Å². The Morgan fingerprint density at radius 2 is 1.61 bits per heavy atom. The van der Waals surface area contributed by atoms with Gasteiger partial charge in [-0.2, -0.15) is 0 Å². The summed E-state index contributed by atoms with van der Waals surface area (Å²) in [6, 6.07) is 13.1. The number of hydrogen-bond donors (Lipinski definition) is 4. The van der Waals surface area contributed by atoms with Crippen molar-refractivity contribution < 1.29 is 29.3 Å². The average molecular weight is 428 g/mol. The van der Waals surface area contributed by atoms with Crippen LogP contribution in [0.4, 0.5) is 4.79 Å². The molecule has 0 aliphatic carbocycles. The molecule has 0 aliphatic heterocycles. The second kappa shape index (κ2) is 11.6. The van der Waals surface area contributed by atoms with E-state index in [2.05, 4.69) is 10.6 Å². The van der Waals surface area contributed by atoms with Gasteiger partial charge in [-0.25, -0.2) is 9.59 Å². The molecular weight excluding hydrogens is 400 g/mol. The van der Waals surface area contributed by atoms with E-state index in [-0.39, 0.29) is 24.7 Å². The Bertz CT molecular complexity index is 869. The molecule has 3 atom stereocenters. The van der Waals surface area contributed by atoms with Crippen molar-refractivity contribution >= 4 is 18.0 Å². The highest BCUT2D eigenvalue weighted by molar-refractivity contribution is 5.89. The molecule has 31 heavy (non-hydrogen) atoms. The van der Waals surface area contributed by atoms with E-state index in [1.165, 1.54) is 12.1 Å². The molecule has 0 radical (unpaired) electrons. The van der Waals surface area contributed by atoms with E-state index < -0.39 is 30.1 Å². The first-order valence-electron chi connectivity index (χ1n) is 10.1. The largest absolute Gasteiger partial charge is 0.508 e. The van der Waals surface area contributed by atoms with Crippen molar-refractivity contribution in [3.63, 3.8) is 0 Å². The van der Waals surface area contributed by atoms with Gasteiger partial charge in [0.05, 0.1) is 0 Å². The van der Waals surface area contributed by atoms with E-state index in [0.29, 0.717) is 12.0 Å². The van der Waals surface area contributed by atoms with Crippen molar-refractivity contribution in [2.24, 2.45) is 5.92 Å². The molecule has 0 unspecified atom stereocenters. The number of carbonyl (C=O) groups excluding carboxylic acids is 2. The number of aromatic hydroxyl groups is 1. The second-order valence-corrected chi connectivity index (χ2v) is 7.34. The van der Waals surface area contributed by atoms with E-state index in [0.717, 1.165) is 5.56 Å². The number of carboxylic acid groups (broad SMARTS) is 1. The fourth-order valence-electron chi connectivity index (χ4n) is 2.92. The quantitative estimate of drug-likeness (QED) is 0.461. The Kier molecular flexibility index (Phi) is 8.87. The maximum Gasteiger partial charge on any atom is 0.408 e. The topological polar surface area (TPSA) is 125 Å². The number of phenolic OH excluding ortho intramolecular Hbond substituents is 1. The van der Waals surface area contributed by atoms with Crippen LogP contribution in [-0.4, -0.2) is 40.3 Å². The maximum atomic E-state index is 12.8. The number of rotatable bonds is 10. The molecule has 0 fully saturated rings. The zero-order valence-electron chi connectivity index (χ0n) is 17.6. The molecule has 2 aromatic rings. The summed E-state index contributed by atoms with van der Waals surface area (Å²) in [5.41, 5.74) is 1.45. The van der Waals surface area contributed by atoms with Gasteiger partial charge >= 0.3 is 12.1 Å². The summed E-state index contributed by atoms with van der Waals surface area (Å²) in [4.78, 5) is 36.7. The zero-order valence-corrected chi connectivity index (χ0v) is 17.6. The number of nitrogens with one attached hydrogen (secondary N) is 2. The molecule has 0 aromatic heterocycles. The second-order valence-electron chi connectivity index (χ2n) is 7.34. The molecule has 4 N–H and O–H groups in total. The first-order valence-corrected chi connectivity index (χ1v) is 10.1. The van der Waals surface area contributed by atoms with Gasteiger partial charge in [0, 0.05) is 6.42 Å². The number of benzene rings is 2. The monoisotopic (exact) mass is 428 g/mol. The van der Waals surface area contributed by atoms with Crippen molar-refractivity contribution in [2.45, 2.75) is 45.4 Å². The third-order valence-electron chi connectivity index (χ3n) is 4.97. The number of hydrogen-bond acceptors (Lipinski definition) is 5. The normalized spacial score (nSPS) is 13.5. The van der Waals surface area contributed by atoms with Gasteiger partial charge in [-0.1, -0.05) is 62.7 Å². The van der Waals surface area contributed by atoms with Crippen LogP contribution in [0.15, 0.2) is 54.6 Å². The lowest BCUT2D eigenvalue weighted by Crippen LogP contribution is -2.54. The molecule has 2 rings (SSSR count). The molecule has 8 heteroatoms. The van der Waals surface area contributed by atoms with Gasteiger partial charge in [-0.3, -0.25) is 4.79 Å². The van der Waals surface area contributed by atoms with Crippen LogP contribution in [-0.2, 0) is 27.4 Å². The Morgan fingerprint density at radius 3 is 2.19 bits per heavy atom. The van der Waals surface area contributed by atoms with Crippen LogP contribution in [0.2, 0.25) is 0 Å². The molecule has 0 spiro atoms. The van der Waals surface area contributed by atoms with Gasteiger partial charge < -0.3 is 25.6 Å². The number of carboxylic acids is 1. The van der Waals surface area contributed by atoms with Crippen molar-refractivity contribution in [3.05, 3.63) is 65.7 Å². The van der Waals surface area contributed by atoms with Crippen LogP contribution in [0.25, 0.3) is 0 Å². The predicted octanol–water partition coefficient (Wildman–Crippen LogP) is 2.85. The van der Waals surface area contributed by atoms with E-state index >= 15 is 0 Å². The zero-order chi connectivity index (χ0) is 22.8. The third kappa shape index (κ3) is 7.65. The van der Waals surface area contributed by atoms with Crippen LogP contribution < -0.4 is 10.6 Å². The van der Waals surface area contributed by atoms with Crippen LogP contribution >= 0.6 is 0 Å². The SMILES string of the molecule is CC[C@H](C)[C@H](NC(=O)OCc1ccccc1)C(=O)N[C@@H](Cc1ccc(O)cc1)C(=O)O. The van der Waals surface area contributed by atoms with Gasteiger partial charge in [-0.05, 0) is 29.2 Å². The first-order chi connectivity index (χ1) is 14.8. The maximum absolute atomic E-state index is 12.8. The lowest BCUT2D eigenvalue weighted by molar-refractivity contribution is -0.142. The highest BCUT2D eigenvalue weighted by Crippen LogP contribution is 2.13. The standard InChI is InChI=1S/C23H28N2O6/c1-3-15(2)20(25-23(30)31-14-17-7-5-4-6-8-17)21(27)24-19(22(28)29)13-16-9-11-18(26)12-10-16/h4-12,15,19-20,26H,3,13-14H2,1-2H3,(H,24,27)(H,25,30)(H,28,29)/t15-,19-,20-/m0/s1. The Balaban J connectivity index is 2.01. The summed E-state index contributed by atoms with van der Waals surface area (Å²) >= 11 is 0. The van der Waals surface area contributed by atoms with E-state index in [1.54, 1.807) is 19.1 Å². The molecule has 0 heterocycles. The Morgan fingerprint density at radius 1 is 0.968 bits per heavy atom. The fourth-order valence-corrected chi connectivity index (χ4v) is 2.92. The Hall–Kier alpha value is -3.55. The minimum Gasteiger partial charge on any atom is -0.508 e. The van der Waals surface area contributed by atoms with Crippen molar-refractivity contribution in [2.75, 3.05) is 0 Å². The lowest BCUT2D eigenvalue weighted by atomic mass is 9.97. The summed E-state index contributed by atoms with van der Waals surface area (Å²) in [6.45, 7) is 3.71. The smallest absolute Gasteiger partial charge is 0.408 e. The molecule has 2 aromatic carbocycles. The summed E-state index contributed by atoms with van der Waals surface area (Å²) in [6.07, 6.45) is -0.130. The summed E-state index contributed by atoms with van der Waals surface area (Å²) in [7, 11) is 0. The fraction of sp³-hybridized carbons (Fsp3) is 0.348. The number of alkyl carbamates (subject to hydrolysis) is 1. The minimum absolute atomic E-state index is 0.0348. The number of aliphatic carboxylic acids is 1. The van der Waals surface area contributed by atoms with Crippen molar-refractivity contribution in [1.82, 2.24) is 10.6 Å². The molecule has 166 valence electrons. The molecular formula is C23H28N2O6. The molecule has 0 saturated heterocycles. The predicted molar refractivity (Wildman–Crippen MR) is 114 cm³/mol. The van der Waals surface area contributed by atoms with Crippen molar-refractivity contribution in [3.8, 4) is 5.75 Å². The number of carbonyl (C=O) groups is 3. The van der Waals surface area contributed by atoms with Crippen molar-refractivity contribution in [1.29, 1.82) is 0 Å². The van der Waals surface area contributed by atoms with E-state index in [4.69, 9.17) is 4.74 Å². The Labute approximate surface area is 181 Å². The third-order valence-corrected chi connectivity index (χ3v) is 4.97. The highest BCUT2D eigenvalue weighted by Gasteiger charge is 2.30. The minimum atomic E-state index is -1.20. The van der Waals surface area contributed by atoms with Gasteiger partial charge in [0.1, 0.15) is 24.4 Å². The molecule has 0 saturated carbocycles. The molecule has 0 bridgehead atoms. The van der Waals surface area contributed by atoms with Gasteiger partial charge in [0.25, 0.3) is 0 Å². The van der Waals surface area contributed by atoms with Crippen LogP contribution in [0.5, 0.6) is 5.75 Å². The first kappa shape index (κ1) is 23.7. The van der Waals surface area contributed by atoms with Gasteiger partial charge in [0.15, 0.2) is 0 Å². The van der Waals surface area contributed by atoms with Gasteiger partial charge in [0.2, 0.25) is 5.91 Å². The molecule has 0 aliphatic rings. The summed E-state index contributed by atoms with van der Waals surface area (Å²) < 4.78 is 5.19. The van der Waals surface area contributed by atoms with Crippen LogP contribution in [0.1, 0.15) is 31.4 Å². The number of phenols is 1. The van der Waals surface area contributed by atoms with Gasteiger partial charge in [-0.15, -0.1) is 0 Å². The van der Waals surface area contributed by atoms with E-state index in [9.17, 15) is 24.6 Å². The number of amides is 2.